The molecule has 0 aliphatic heterocycles. The lowest BCUT2D eigenvalue weighted by atomic mass is 10.2. The quantitative estimate of drug-likeness (QED) is 0.608. The highest BCUT2D eigenvalue weighted by molar-refractivity contribution is 7.15. The maximum Gasteiger partial charge on any atom is 0.324 e. The molecule has 0 fully saturated rings. The van der Waals surface area contributed by atoms with Crippen LogP contribution in [0.5, 0.6) is 0 Å². The Morgan fingerprint density at radius 2 is 2.28 bits per heavy atom. The predicted octanol–water partition coefficient (Wildman–Crippen LogP) is 2.34. The molecule has 0 radical (unpaired) electrons. The van der Waals surface area contributed by atoms with E-state index in [1.54, 1.807) is 6.07 Å². The number of carbonyl (C=O) groups is 1. The number of hydrogen-bond acceptors (Lipinski definition) is 5. The zero-order chi connectivity index (χ0) is 13.7. The maximum atomic E-state index is 10.7. The average molecular weight is 272 g/mol. The van der Waals surface area contributed by atoms with Gasteiger partial charge in [0, 0.05) is 23.5 Å². The topological polar surface area (TPSA) is 83.7 Å². The first-order valence-corrected chi connectivity index (χ1v) is 6.44. The highest BCUT2D eigenvalue weighted by Gasteiger charge is 2.18. The van der Waals surface area contributed by atoms with E-state index >= 15 is 0 Å². The molecule has 7 heteroatoms. The number of carboxylic acid groups (broad SMARTS) is 1. The zero-order valence-electron chi connectivity index (χ0n) is 10.3. The minimum Gasteiger partial charge on any atom is -0.481 e. The van der Waals surface area contributed by atoms with E-state index in [0.29, 0.717) is 13.1 Å². The van der Waals surface area contributed by atoms with Gasteiger partial charge in [0.2, 0.25) is 0 Å². The Labute approximate surface area is 109 Å². The van der Waals surface area contributed by atoms with Gasteiger partial charge in [0.05, 0.1) is 11.3 Å². The van der Waals surface area contributed by atoms with Crippen molar-refractivity contribution in [2.45, 2.75) is 32.9 Å². The summed E-state index contributed by atoms with van der Waals surface area (Å²) in [5, 5.41) is 19.4. The Balaban J connectivity index is 2.66. The van der Waals surface area contributed by atoms with Crippen molar-refractivity contribution < 1.29 is 14.8 Å². The fourth-order valence-corrected chi connectivity index (χ4v) is 2.56. The Kier molecular flexibility index (Phi) is 5.24. The fraction of sp³-hybridized carbons (Fsp3) is 0.545. The lowest BCUT2D eigenvalue weighted by Crippen LogP contribution is -2.33. The number of aliphatic carboxylic acids is 1. The molecule has 6 nitrogen and oxygen atoms in total. The third kappa shape index (κ3) is 4.08. The fourth-order valence-electron chi connectivity index (χ4n) is 1.71. The van der Waals surface area contributed by atoms with Gasteiger partial charge in [0.15, 0.2) is 0 Å². The van der Waals surface area contributed by atoms with E-state index in [1.807, 2.05) is 18.7 Å². The molecule has 1 rings (SSSR count). The number of carboxylic acids is 1. The minimum atomic E-state index is -0.835. The van der Waals surface area contributed by atoms with Crippen LogP contribution in [0, 0.1) is 10.1 Å². The molecule has 0 aromatic carbocycles. The Hall–Kier alpha value is -1.47. The summed E-state index contributed by atoms with van der Waals surface area (Å²) < 4.78 is 0. The summed E-state index contributed by atoms with van der Waals surface area (Å²) in [4.78, 5) is 23.7. The molecule has 0 saturated carbocycles. The molecule has 1 atom stereocenters. The SMILES string of the molecule is CCN(Cc1ccc([N+](=O)[O-])s1)C(C)CC(=O)O. The van der Waals surface area contributed by atoms with Crippen molar-refractivity contribution in [2.75, 3.05) is 6.54 Å². The van der Waals surface area contributed by atoms with Crippen LogP contribution in [0.1, 0.15) is 25.1 Å². The van der Waals surface area contributed by atoms with Crippen LogP contribution in [0.2, 0.25) is 0 Å². The summed E-state index contributed by atoms with van der Waals surface area (Å²) in [7, 11) is 0. The van der Waals surface area contributed by atoms with Crippen LogP contribution in [0.15, 0.2) is 12.1 Å². The third-order valence-electron chi connectivity index (χ3n) is 2.69. The van der Waals surface area contributed by atoms with Gasteiger partial charge in [-0.1, -0.05) is 18.3 Å². The summed E-state index contributed by atoms with van der Waals surface area (Å²) in [6, 6.07) is 3.11. The van der Waals surface area contributed by atoms with Gasteiger partial charge in [-0.15, -0.1) is 0 Å². The second-order valence-corrected chi connectivity index (χ2v) is 5.15. The van der Waals surface area contributed by atoms with Crippen molar-refractivity contribution in [2.24, 2.45) is 0 Å². The molecule has 0 saturated heterocycles. The number of thiophene rings is 1. The molecule has 1 unspecified atom stereocenters. The highest BCUT2D eigenvalue weighted by Crippen LogP contribution is 2.25. The molecule has 1 aromatic heterocycles. The summed E-state index contributed by atoms with van der Waals surface area (Å²) in [5.74, 6) is -0.835. The first-order valence-electron chi connectivity index (χ1n) is 5.63. The van der Waals surface area contributed by atoms with Crippen LogP contribution in [0.3, 0.4) is 0 Å². The van der Waals surface area contributed by atoms with Gasteiger partial charge >= 0.3 is 11.0 Å². The van der Waals surface area contributed by atoms with Crippen LogP contribution >= 0.6 is 11.3 Å². The van der Waals surface area contributed by atoms with Crippen molar-refractivity contribution in [1.82, 2.24) is 4.90 Å². The highest BCUT2D eigenvalue weighted by atomic mass is 32.1. The van der Waals surface area contributed by atoms with E-state index in [0.717, 1.165) is 16.2 Å². The summed E-state index contributed by atoms with van der Waals surface area (Å²) in [5.41, 5.74) is 0. The number of nitrogens with zero attached hydrogens (tertiary/aromatic N) is 2. The second kappa shape index (κ2) is 6.46. The van der Waals surface area contributed by atoms with Crippen LogP contribution in [0.25, 0.3) is 0 Å². The lowest BCUT2D eigenvalue weighted by Gasteiger charge is -2.25. The van der Waals surface area contributed by atoms with Gasteiger partial charge in [0.1, 0.15) is 0 Å². The van der Waals surface area contributed by atoms with E-state index in [1.165, 1.54) is 6.07 Å². The summed E-state index contributed by atoms with van der Waals surface area (Å²) >= 11 is 1.13. The van der Waals surface area contributed by atoms with Gasteiger partial charge in [0.25, 0.3) is 0 Å². The molecular formula is C11H16N2O4S. The van der Waals surface area contributed by atoms with E-state index < -0.39 is 10.9 Å². The molecular weight excluding hydrogens is 256 g/mol. The van der Waals surface area contributed by atoms with Gasteiger partial charge < -0.3 is 5.11 Å². The molecule has 0 aliphatic carbocycles. The van der Waals surface area contributed by atoms with Gasteiger partial charge in [-0.05, 0) is 19.5 Å². The van der Waals surface area contributed by atoms with Gasteiger partial charge in [-0.25, -0.2) is 0 Å². The molecule has 0 spiro atoms. The van der Waals surface area contributed by atoms with Gasteiger partial charge in [-0.3, -0.25) is 19.8 Å². The normalized spacial score (nSPS) is 12.6. The van der Waals surface area contributed by atoms with Crippen LogP contribution < -0.4 is 0 Å². The first-order chi connectivity index (χ1) is 8.43. The Bertz CT molecular complexity index is 432. The smallest absolute Gasteiger partial charge is 0.324 e. The Morgan fingerprint density at radius 1 is 1.61 bits per heavy atom. The summed E-state index contributed by atoms with van der Waals surface area (Å²) in [6.07, 6.45) is 0.0707. The van der Waals surface area contributed by atoms with Gasteiger partial charge in [-0.2, -0.15) is 0 Å². The zero-order valence-corrected chi connectivity index (χ0v) is 11.1. The van der Waals surface area contributed by atoms with E-state index in [9.17, 15) is 14.9 Å². The van der Waals surface area contributed by atoms with Crippen molar-refractivity contribution in [1.29, 1.82) is 0 Å². The van der Waals surface area contributed by atoms with Crippen molar-refractivity contribution in [3.05, 3.63) is 27.1 Å². The molecule has 1 N–H and O–H groups in total. The predicted molar refractivity (Wildman–Crippen MR) is 68.8 cm³/mol. The lowest BCUT2D eigenvalue weighted by molar-refractivity contribution is -0.380. The largest absolute Gasteiger partial charge is 0.481 e. The van der Waals surface area contributed by atoms with Crippen molar-refractivity contribution in [3.63, 3.8) is 0 Å². The average Bonchev–Trinajstić information content (AvgIpc) is 2.73. The molecule has 1 heterocycles. The molecule has 0 aliphatic rings. The van der Waals surface area contributed by atoms with Crippen LogP contribution in [-0.4, -0.2) is 33.5 Å². The number of hydrogen-bond donors (Lipinski definition) is 1. The van der Waals surface area contributed by atoms with Crippen LogP contribution in [0.4, 0.5) is 5.00 Å². The maximum absolute atomic E-state index is 10.7. The monoisotopic (exact) mass is 272 g/mol. The molecule has 18 heavy (non-hydrogen) atoms. The third-order valence-corrected chi connectivity index (χ3v) is 3.71. The van der Waals surface area contributed by atoms with Crippen LogP contribution in [-0.2, 0) is 11.3 Å². The van der Waals surface area contributed by atoms with E-state index in [4.69, 9.17) is 5.11 Å². The second-order valence-electron chi connectivity index (χ2n) is 4.01. The van der Waals surface area contributed by atoms with E-state index in [-0.39, 0.29) is 17.5 Å². The standard InChI is InChI=1S/C11H16N2O4S/c1-3-12(8(2)6-11(14)15)7-9-4-5-10(18-9)13(16)17/h4-5,8H,3,6-7H2,1-2H3,(H,14,15). The molecule has 0 bridgehead atoms. The van der Waals surface area contributed by atoms with Crippen molar-refractivity contribution in [3.8, 4) is 0 Å². The number of nitro groups is 1. The molecule has 100 valence electrons. The van der Waals surface area contributed by atoms with E-state index in [2.05, 4.69) is 0 Å². The molecule has 1 aromatic rings. The first kappa shape index (κ1) is 14.6. The minimum absolute atomic E-state index is 0.0707. The summed E-state index contributed by atoms with van der Waals surface area (Å²) in [6.45, 7) is 5.05. The molecule has 0 amide bonds. The van der Waals surface area contributed by atoms with Crippen molar-refractivity contribution >= 4 is 22.3 Å². The number of rotatable bonds is 7. The Morgan fingerprint density at radius 3 is 2.72 bits per heavy atom.